The summed E-state index contributed by atoms with van der Waals surface area (Å²) in [5.41, 5.74) is 4.62. The van der Waals surface area contributed by atoms with Crippen LogP contribution in [0.2, 0.25) is 5.02 Å². The number of hydrazine groups is 1. The Kier molecular flexibility index (Phi) is 4.46. The summed E-state index contributed by atoms with van der Waals surface area (Å²) in [4.78, 5) is 1.11. The number of thiophene rings is 1. The molecule has 0 radical (unpaired) electrons. The molecule has 19 heavy (non-hydrogen) atoms. The van der Waals surface area contributed by atoms with Gasteiger partial charge in [-0.1, -0.05) is 11.6 Å². The third kappa shape index (κ3) is 2.92. The van der Waals surface area contributed by atoms with Crippen LogP contribution < -0.4 is 16.0 Å². The molecule has 2 heterocycles. The molecule has 0 aliphatic heterocycles. The predicted octanol–water partition coefficient (Wildman–Crippen LogP) is 2.20. The summed E-state index contributed by atoms with van der Waals surface area (Å²) >= 11 is 7.87. The molecular formula is C12H17ClN4OS. The van der Waals surface area contributed by atoms with Gasteiger partial charge in [-0.3, -0.25) is 16.0 Å². The van der Waals surface area contributed by atoms with E-state index in [1.165, 1.54) is 0 Å². The first-order valence-electron chi connectivity index (χ1n) is 5.83. The first kappa shape index (κ1) is 14.3. The van der Waals surface area contributed by atoms with Crippen LogP contribution in [0.15, 0.2) is 11.4 Å². The number of ether oxygens (including phenoxy) is 1. The molecule has 7 heteroatoms. The van der Waals surface area contributed by atoms with E-state index in [1.54, 1.807) is 23.1 Å². The van der Waals surface area contributed by atoms with E-state index in [-0.39, 0.29) is 6.04 Å². The molecule has 0 aliphatic rings. The van der Waals surface area contributed by atoms with E-state index < -0.39 is 0 Å². The zero-order chi connectivity index (χ0) is 14.0. The smallest absolute Gasteiger partial charge is 0.129 e. The summed E-state index contributed by atoms with van der Waals surface area (Å²) in [5, 5.41) is 6.96. The summed E-state index contributed by atoms with van der Waals surface area (Å²) in [5.74, 6) is 6.49. The Morgan fingerprint density at radius 2 is 2.37 bits per heavy atom. The molecule has 0 fully saturated rings. The third-order valence-electron chi connectivity index (χ3n) is 3.04. The third-order valence-corrected chi connectivity index (χ3v) is 4.55. The van der Waals surface area contributed by atoms with Gasteiger partial charge in [0.25, 0.3) is 0 Å². The van der Waals surface area contributed by atoms with Crippen LogP contribution in [0.3, 0.4) is 0 Å². The van der Waals surface area contributed by atoms with Crippen LogP contribution in [0.25, 0.3) is 0 Å². The highest BCUT2D eigenvalue weighted by Crippen LogP contribution is 2.30. The molecule has 0 aliphatic carbocycles. The number of nitrogens with one attached hydrogen (secondary N) is 1. The Labute approximate surface area is 121 Å². The number of nitrogens with two attached hydrogens (primary N) is 1. The minimum absolute atomic E-state index is 0.0128. The summed E-state index contributed by atoms with van der Waals surface area (Å²) in [6, 6.07) is 1.97. The summed E-state index contributed by atoms with van der Waals surface area (Å²) < 4.78 is 6.99. The van der Waals surface area contributed by atoms with E-state index in [0.717, 1.165) is 22.0 Å². The number of aromatic nitrogens is 2. The number of hydrogen-bond acceptors (Lipinski definition) is 5. The van der Waals surface area contributed by atoms with Crippen LogP contribution >= 0.6 is 22.9 Å². The summed E-state index contributed by atoms with van der Waals surface area (Å²) in [6.45, 7) is 1.89. The highest BCUT2D eigenvalue weighted by Gasteiger charge is 2.19. The van der Waals surface area contributed by atoms with Gasteiger partial charge >= 0.3 is 0 Å². The molecule has 1 atom stereocenters. The zero-order valence-corrected chi connectivity index (χ0v) is 12.7. The van der Waals surface area contributed by atoms with Gasteiger partial charge in [-0.05, 0) is 13.0 Å². The Bertz CT molecular complexity index is 566. The molecule has 5 nitrogen and oxygen atoms in total. The zero-order valence-electron chi connectivity index (χ0n) is 11.1. The molecule has 0 aromatic carbocycles. The van der Waals surface area contributed by atoms with Gasteiger partial charge in [0.15, 0.2) is 0 Å². The van der Waals surface area contributed by atoms with Gasteiger partial charge in [-0.15, -0.1) is 11.3 Å². The van der Waals surface area contributed by atoms with Gasteiger partial charge in [0.05, 0.1) is 29.6 Å². The number of methoxy groups -OCH3 is 1. The van der Waals surface area contributed by atoms with Crippen LogP contribution in [-0.4, -0.2) is 16.9 Å². The largest absolute Gasteiger partial charge is 0.496 e. The van der Waals surface area contributed by atoms with E-state index >= 15 is 0 Å². The SMILES string of the molecule is COc1csc(C(Cc2c(Cl)c(C)nn2C)NN)c1. The number of nitrogens with zero attached hydrogens (tertiary/aromatic N) is 2. The normalized spacial score (nSPS) is 12.7. The van der Waals surface area contributed by atoms with Crippen molar-refractivity contribution in [3.05, 3.63) is 32.7 Å². The second kappa shape index (κ2) is 5.92. The average Bonchev–Trinajstić information content (AvgIpc) is 2.95. The van der Waals surface area contributed by atoms with Crippen molar-refractivity contribution in [2.75, 3.05) is 7.11 Å². The van der Waals surface area contributed by atoms with E-state index in [1.807, 2.05) is 25.4 Å². The molecule has 2 rings (SSSR count). The van der Waals surface area contributed by atoms with Crippen LogP contribution in [-0.2, 0) is 13.5 Å². The predicted molar refractivity (Wildman–Crippen MR) is 77.6 cm³/mol. The Balaban J connectivity index is 2.23. The topological polar surface area (TPSA) is 65.1 Å². The lowest BCUT2D eigenvalue weighted by molar-refractivity contribution is 0.415. The second-order valence-corrected chi connectivity index (χ2v) is 5.60. The molecule has 0 amide bonds. The van der Waals surface area contributed by atoms with Crippen molar-refractivity contribution in [2.45, 2.75) is 19.4 Å². The van der Waals surface area contributed by atoms with Crippen LogP contribution in [0.5, 0.6) is 5.75 Å². The fraction of sp³-hybridized carbons (Fsp3) is 0.417. The van der Waals surface area contributed by atoms with Crippen LogP contribution in [0.1, 0.15) is 22.3 Å². The highest BCUT2D eigenvalue weighted by atomic mass is 35.5. The lowest BCUT2D eigenvalue weighted by Gasteiger charge is -2.14. The quantitative estimate of drug-likeness (QED) is 0.656. The Morgan fingerprint density at radius 1 is 1.63 bits per heavy atom. The van der Waals surface area contributed by atoms with Crippen molar-refractivity contribution in [3.63, 3.8) is 0 Å². The number of rotatable bonds is 5. The number of hydrogen-bond donors (Lipinski definition) is 2. The fourth-order valence-corrected chi connectivity index (χ4v) is 3.11. The number of halogens is 1. The monoisotopic (exact) mass is 300 g/mol. The lowest BCUT2D eigenvalue weighted by Crippen LogP contribution is -2.29. The van der Waals surface area contributed by atoms with Gasteiger partial charge in [-0.25, -0.2) is 0 Å². The summed E-state index contributed by atoms with van der Waals surface area (Å²) in [6.07, 6.45) is 0.677. The fourth-order valence-electron chi connectivity index (χ4n) is 1.96. The first-order valence-corrected chi connectivity index (χ1v) is 7.09. The summed E-state index contributed by atoms with van der Waals surface area (Å²) in [7, 11) is 3.54. The lowest BCUT2D eigenvalue weighted by atomic mass is 10.1. The maximum atomic E-state index is 6.26. The number of aryl methyl sites for hydroxylation is 2. The first-order chi connectivity index (χ1) is 9.06. The van der Waals surface area contributed by atoms with E-state index in [9.17, 15) is 0 Å². The second-order valence-electron chi connectivity index (χ2n) is 4.28. The molecule has 2 aromatic heterocycles. The van der Waals surface area contributed by atoms with Crippen molar-refractivity contribution < 1.29 is 4.74 Å². The van der Waals surface area contributed by atoms with Crippen molar-refractivity contribution in [3.8, 4) is 5.75 Å². The Hall–Kier alpha value is -1.08. The van der Waals surface area contributed by atoms with Gasteiger partial charge in [0.1, 0.15) is 5.75 Å². The maximum absolute atomic E-state index is 6.26. The van der Waals surface area contributed by atoms with Crippen LogP contribution in [0.4, 0.5) is 0 Å². The Morgan fingerprint density at radius 3 is 2.84 bits per heavy atom. The van der Waals surface area contributed by atoms with Crippen LogP contribution in [0, 0.1) is 6.92 Å². The molecule has 0 bridgehead atoms. The van der Waals surface area contributed by atoms with Crippen molar-refractivity contribution in [1.82, 2.24) is 15.2 Å². The molecule has 2 aromatic rings. The van der Waals surface area contributed by atoms with Gasteiger partial charge in [-0.2, -0.15) is 5.10 Å². The van der Waals surface area contributed by atoms with Crippen molar-refractivity contribution in [1.29, 1.82) is 0 Å². The van der Waals surface area contributed by atoms with Crippen molar-refractivity contribution in [2.24, 2.45) is 12.9 Å². The average molecular weight is 301 g/mol. The highest BCUT2D eigenvalue weighted by molar-refractivity contribution is 7.10. The molecule has 0 spiro atoms. The molecule has 1 unspecified atom stereocenters. The molecule has 0 saturated heterocycles. The van der Waals surface area contributed by atoms with E-state index in [2.05, 4.69) is 10.5 Å². The molecule has 104 valence electrons. The van der Waals surface area contributed by atoms with E-state index in [4.69, 9.17) is 22.2 Å². The minimum Gasteiger partial charge on any atom is -0.496 e. The van der Waals surface area contributed by atoms with Crippen molar-refractivity contribution >= 4 is 22.9 Å². The van der Waals surface area contributed by atoms with Gasteiger partial charge in [0, 0.05) is 23.7 Å². The van der Waals surface area contributed by atoms with E-state index in [0.29, 0.717) is 11.4 Å². The maximum Gasteiger partial charge on any atom is 0.129 e. The van der Waals surface area contributed by atoms with Gasteiger partial charge in [0.2, 0.25) is 0 Å². The molecule has 3 N–H and O–H groups in total. The minimum atomic E-state index is -0.0128. The molecular weight excluding hydrogens is 284 g/mol. The standard InChI is InChI=1S/C12H17ClN4OS/c1-7-12(13)10(17(2)16-7)5-9(15-14)11-4-8(18-3)6-19-11/h4,6,9,15H,5,14H2,1-3H3. The van der Waals surface area contributed by atoms with Gasteiger partial charge < -0.3 is 4.74 Å². The molecule has 0 saturated carbocycles.